The average molecular weight is 192 g/mol. The van der Waals surface area contributed by atoms with Crippen LogP contribution in [0.4, 0.5) is 0 Å². The van der Waals surface area contributed by atoms with Crippen molar-refractivity contribution in [2.24, 2.45) is 0 Å². The lowest BCUT2D eigenvalue weighted by Gasteiger charge is -2.06. The van der Waals surface area contributed by atoms with Gasteiger partial charge in [-0.15, -0.1) is 0 Å². The van der Waals surface area contributed by atoms with Crippen molar-refractivity contribution in [1.82, 2.24) is 0 Å². The summed E-state index contributed by atoms with van der Waals surface area (Å²) in [4.78, 5) is 10.6. The third-order valence-corrected chi connectivity index (χ3v) is 2.29. The molecular formula is C12H16O2. The van der Waals surface area contributed by atoms with Gasteiger partial charge in [-0.1, -0.05) is 31.5 Å². The summed E-state index contributed by atoms with van der Waals surface area (Å²) in [6.45, 7) is 4.07. The number of carboxylic acids is 1. The van der Waals surface area contributed by atoms with E-state index in [9.17, 15) is 4.79 Å². The van der Waals surface area contributed by atoms with Crippen LogP contribution in [-0.2, 0) is 17.6 Å². The molecule has 0 amide bonds. The molecule has 1 aromatic carbocycles. The monoisotopic (exact) mass is 192 g/mol. The van der Waals surface area contributed by atoms with Crippen LogP contribution >= 0.6 is 0 Å². The maximum Gasteiger partial charge on any atom is 0.307 e. The normalized spacial score (nSPS) is 10.1. The smallest absolute Gasteiger partial charge is 0.307 e. The average Bonchev–Trinajstić information content (AvgIpc) is 2.10. The van der Waals surface area contributed by atoms with Gasteiger partial charge in [0.15, 0.2) is 0 Å². The summed E-state index contributed by atoms with van der Waals surface area (Å²) >= 11 is 0. The Hall–Kier alpha value is -1.31. The van der Waals surface area contributed by atoms with E-state index in [1.807, 2.05) is 19.1 Å². The summed E-state index contributed by atoms with van der Waals surface area (Å²) in [7, 11) is 0. The Morgan fingerprint density at radius 3 is 2.71 bits per heavy atom. The van der Waals surface area contributed by atoms with E-state index in [-0.39, 0.29) is 6.42 Å². The molecule has 2 heteroatoms. The zero-order chi connectivity index (χ0) is 10.6. The number of hydrogen-bond acceptors (Lipinski definition) is 1. The fraction of sp³-hybridized carbons (Fsp3) is 0.417. The molecular weight excluding hydrogens is 176 g/mol. The minimum Gasteiger partial charge on any atom is -0.481 e. The number of carboxylic acid groups (broad SMARTS) is 1. The van der Waals surface area contributed by atoms with Crippen molar-refractivity contribution >= 4 is 5.97 Å². The van der Waals surface area contributed by atoms with Crippen molar-refractivity contribution in [3.63, 3.8) is 0 Å². The first kappa shape index (κ1) is 10.8. The minimum absolute atomic E-state index is 0.128. The van der Waals surface area contributed by atoms with Crippen molar-refractivity contribution < 1.29 is 9.90 Å². The topological polar surface area (TPSA) is 37.3 Å². The summed E-state index contributed by atoms with van der Waals surface area (Å²) < 4.78 is 0. The molecule has 0 spiro atoms. The van der Waals surface area contributed by atoms with Crippen molar-refractivity contribution in [2.75, 3.05) is 0 Å². The van der Waals surface area contributed by atoms with Crippen LogP contribution in [0.25, 0.3) is 0 Å². The SMILES string of the molecule is CCCc1ccc(C)c(CC(=O)O)c1. The molecule has 1 rings (SSSR count). The largest absolute Gasteiger partial charge is 0.481 e. The summed E-state index contributed by atoms with van der Waals surface area (Å²) in [5, 5.41) is 8.71. The maximum absolute atomic E-state index is 10.6. The zero-order valence-electron chi connectivity index (χ0n) is 8.71. The van der Waals surface area contributed by atoms with Crippen molar-refractivity contribution in [1.29, 1.82) is 0 Å². The molecule has 0 heterocycles. The molecule has 0 aromatic heterocycles. The molecule has 0 saturated carbocycles. The van der Waals surface area contributed by atoms with Gasteiger partial charge < -0.3 is 5.11 Å². The number of aryl methyl sites for hydroxylation is 2. The van der Waals surface area contributed by atoms with Gasteiger partial charge in [0.25, 0.3) is 0 Å². The van der Waals surface area contributed by atoms with E-state index in [2.05, 4.69) is 13.0 Å². The van der Waals surface area contributed by atoms with E-state index in [1.165, 1.54) is 5.56 Å². The number of rotatable bonds is 4. The molecule has 76 valence electrons. The van der Waals surface area contributed by atoms with Gasteiger partial charge in [-0.05, 0) is 30.0 Å². The Kier molecular flexibility index (Phi) is 3.69. The Bertz CT molecular complexity index is 329. The van der Waals surface area contributed by atoms with Gasteiger partial charge in [0, 0.05) is 0 Å². The van der Waals surface area contributed by atoms with E-state index in [0.717, 1.165) is 24.0 Å². The highest BCUT2D eigenvalue weighted by Crippen LogP contribution is 2.13. The maximum atomic E-state index is 10.6. The molecule has 14 heavy (non-hydrogen) atoms. The standard InChI is InChI=1S/C12H16O2/c1-3-4-10-6-5-9(2)11(7-10)8-12(13)14/h5-7H,3-4,8H2,1-2H3,(H,13,14). The van der Waals surface area contributed by atoms with Crippen molar-refractivity contribution in [3.8, 4) is 0 Å². The first-order valence-electron chi connectivity index (χ1n) is 4.93. The molecule has 1 N–H and O–H groups in total. The van der Waals surface area contributed by atoms with Crippen LogP contribution < -0.4 is 0 Å². The molecule has 0 unspecified atom stereocenters. The van der Waals surface area contributed by atoms with Gasteiger partial charge in [-0.25, -0.2) is 0 Å². The van der Waals surface area contributed by atoms with Crippen LogP contribution in [0, 0.1) is 6.92 Å². The third kappa shape index (κ3) is 2.87. The quantitative estimate of drug-likeness (QED) is 0.796. The Balaban J connectivity index is 2.90. The molecule has 0 atom stereocenters. The van der Waals surface area contributed by atoms with E-state index >= 15 is 0 Å². The van der Waals surface area contributed by atoms with Gasteiger partial charge >= 0.3 is 5.97 Å². The van der Waals surface area contributed by atoms with E-state index < -0.39 is 5.97 Å². The van der Waals surface area contributed by atoms with Gasteiger partial charge in [0.2, 0.25) is 0 Å². The van der Waals surface area contributed by atoms with E-state index in [4.69, 9.17) is 5.11 Å². The van der Waals surface area contributed by atoms with Crippen LogP contribution in [0.5, 0.6) is 0 Å². The first-order valence-corrected chi connectivity index (χ1v) is 4.93. The van der Waals surface area contributed by atoms with Gasteiger partial charge in [-0.3, -0.25) is 4.79 Å². The second-order valence-corrected chi connectivity index (χ2v) is 3.58. The Labute approximate surface area is 84.6 Å². The molecule has 0 bridgehead atoms. The molecule has 1 aromatic rings. The van der Waals surface area contributed by atoms with Crippen molar-refractivity contribution in [3.05, 3.63) is 34.9 Å². The van der Waals surface area contributed by atoms with Gasteiger partial charge in [-0.2, -0.15) is 0 Å². The number of hydrogen-bond donors (Lipinski definition) is 1. The molecule has 2 nitrogen and oxygen atoms in total. The molecule has 0 aliphatic rings. The first-order chi connectivity index (χ1) is 6.63. The highest BCUT2D eigenvalue weighted by Gasteiger charge is 2.04. The van der Waals surface area contributed by atoms with Gasteiger partial charge in [0.1, 0.15) is 0 Å². The third-order valence-electron chi connectivity index (χ3n) is 2.29. The number of benzene rings is 1. The highest BCUT2D eigenvalue weighted by atomic mass is 16.4. The number of carbonyl (C=O) groups is 1. The fourth-order valence-electron chi connectivity index (χ4n) is 1.52. The predicted octanol–water partition coefficient (Wildman–Crippen LogP) is 2.57. The van der Waals surface area contributed by atoms with Crippen molar-refractivity contribution in [2.45, 2.75) is 33.1 Å². The molecule has 0 aliphatic heterocycles. The predicted molar refractivity (Wildman–Crippen MR) is 56.5 cm³/mol. The second kappa shape index (κ2) is 4.80. The fourth-order valence-corrected chi connectivity index (χ4v) is 1.52. The van der Waals surface area contributed by atoms with E-state index in [1.54, 1.807) is 0 Å². The Morgan fingerprint density at radius 2 is 2.14 bits per heavy atom. The summed E-state index contributed by atoms with van der Waals surface area (Å²) in [6, 6.07) is 6.08. The molecule has 0 aliphatic carbocycles. The molecule has 0 fully saturated rings. The minimum atomic E-state index is -0.762. The van der Waals surface area contributed by atoms with E-state index in [0.29, 0.717) is 0 Å². The second-order valence-electron chi connectivity index (χ2n) is 3.58. The Morgan fingerprint density at radius 1 is 1.43 bits per heavy atom. The lowest BCUT2D eigenvalue weighted by Crippen LogP contribution is -2.02. The molecule has 0 saturated heterocycles. The van der Waals surface area contributed by atoms with Crippen LogP contribution in [-0.4, -0.2) is 11.1 Å². The van der Waals surface area contributed by atoms with Crippen LogP contribution in [0.2, 0.25) is 0 Å². The molecule has 0 radical (unpaired) electrons. The van der Waals surface area contributed by atoms with Crippen LogP contribution in [0.15, 0.2) is 18.2 Å². The lowest BCUT2D eigenvalue weighted by atomic mass is 10.0. The zero-order valence-corrected chi connectivity index (χ0v) is 8.71. The van der Waals surface area contributed by atoms with Crippen LogP contribution in [0.1, 0.15) is 30.0 Å². The van der Waals surface area contributed by atoms with Gasteiger partial charge in [0.05, 0.1) is 6.42 Å². The summed E-state index contributed by atoms with van der Waals surface area (Å²) in [5.74, 6) is -0.762. The lowest BCUT2D eigenvalue weighted by molar-refractivity contribution is -0.136. The van der Waals surface area contributed by atoms with Crippen LogP contribution in [0.3, 0.4) is 0 Å². The summed E-state index contributed by atoms with van der Waals surface area (Å²) in [5.41, 5.74) is 3.23. The summed E-state index contributed by atoms with van der Waals surface area (Å²) in [6.07, 6.45) is 2.24. The highest BCUT2D eigenvalue weighted by molar-refractivity contribution is 5.70. The number of aliphatic carboxylic acids is 1.